The van der Waals surface area contributed by atoms with Gasteiger partial charge in [-0.15, -0.1) is 0 Å². The number of amides is 3. The van der Waals surface area contributed by atoms with Gasteiger partial charge in [0.2, 0.25) is 11.8 Å². The summed E-state index contributed by atoms with van der Waals surface area (Å²) < 4.78 is 4.88. The van der Waals surface area contributed by atoms with Crippen LogP contribution < -0.4 is 0 Å². The summed E-state index contributed by atoms with van der Waals surface area (Å²) in [7, 11) is 0. The maximum Gasteiger partial charge on any atom is 0.410 e. The smallest absolute Gasteiger partial charge is 0.410 e. The van der Waals surface area contributed by atoms with Crippen molar-refractivity contribution in [3.63, 3.8) is 0 Å². The first-order valence-electron chi connectivity index (χ1n) is 8.94. The highest BCUT2D eigenvalue weighted by molar-refractivity contribution is 5.84. The van der Waals surface area contributed by atoms with Crippen molar-refractivity contribution >= 4 is 17.9 Å². The summed E-state index contributed by atoms with van der Waals surface area (Å²) in [5.74, 6) is 0.978. The lowest BCUT2D eigenvalue weighted by molar-refractivity contribution is -0.134. The van der Waals surface area contributed by atoms with E-state index in [1.54, 1.807) is 4.90 Å². The normalized spacial score (nSPS) is 25.3. The summed E-state index contributed by atoms with van der Waals surface area (Å²) >= 11 is 0. The molecule has 0 bridgehead atoms. The van der Waals surface area contributed by atoms with E-state index in [1.165, 1.54) is 17.7 Å². The molecule has 24 heavy (non-hydrogen) atoms. The lowest BCUT2D eigenvalue weighted by Crippen LogP contribution is -2.49. The van der Waals surface area contributed by atoms with E-state index in [0.29, 0.717) is 38.6 Å². The Balaban J connectivity index is 1.66. The van der Waals surface area contributed by atoms with Gasteiger partial charge in [0.15, 0.2) is 0 Å². The zero-order valence-electron chi connectivity index (χ0n) is 14.6. The van der Waals surface area contributed by atoms with E-state index in [1.807, 2.05) is 4.90 Å². The van der Waals surface area contributed by atoms with Crippen LogP contribution in [0.1, 0.15) is 33.1 Å². The Kier molecular flexibility index (Phi) is 4.96. The van der Waals surface area contributed by atoms with Crippen LogP contribution in [-0.4, -0.2) is 78.0 Å². The van der Waals surface area contributed by atoms with Crippen LogP contribution in [0.5, 0.6) is 0 Å². The number of ether oxygens (including phenoxy) is 1. The Labute approximate surface area is 142 Å². The molecule has 3 rings (SSSR count). The largest absolute Gasteiger partial charge is 0.448 e. The highest BCUT2D eigenvalue weighted by atomic mass is 16.6. The van der Waals surface area contributed by atoms with Crippen LogP contribution in [0, 0.1) is 11.8 Å². The first-order valence-corrected chi connectivity index (χ1v) is 8.94. The molecular formula is C17H27N3O4. The second-order valence-electron chi connectivity index (χ2n) is 7.43. The molecule has 0 radical (unpaired) electrons. The third-order valence-electron chi connectivity index (χ3n) is 5.17. The van der Waals surface area contributed by atoms with Crippen molar-refractivity contribution in [2.75, 3.05) is 39.3 Å². The van der Waals surface area contributed by atoms with Gasteiger partial charge in [0.1, 0.15) is 13.2 Å². The molecule has 7 nitrogen and oxygen atoms in total. The third-order valence-corrected chi connectivity index (χ3v) is 5.17. The van der Waals surface area contributed by atoms with Gasteiger partial charge < -0.3 is 14.5 Å². The van der Waals surface area contributed by atoms with E-state index in [4.69, 9.17) is 4.74 Å². The molecule has 134 valence electrons. The molecule has 3 amide bonds. The molecule has 1 saturated carbocycles. The number of rotatable bonds is 5. The number of hydrogen-bond acceptors (Lipinski definition) is 4. The SMILES string of the molecule is CC(C)C1CN(C(=O)CN2CCOC2=O)CCC(=O)N1CC1CC1. The zero-order chi connectivity index (χ0) is 17.3. The summed E-state index contributed by atoms with van der Waals surface area (Å²) in [6.07, 6.45) is 2.35. The first-order chi connectivity index (χ1) is 11.5. The van der Waals surface area contributed by atoms with Crippen LogP contribution in [0.4, 0.5) is 4.79 Å². The third kappa shape index (κ3) is 3.82. The minimum absolute atomic E-state index is 0.0421. The van der Waals surface area contributed by atoms with Crippen molar-refractivity contribution in [2.24, 2.45) is 11.8 Å². The molecule has 1 aliphatic carbocycles. The number of hydrogen-bond donors (Lipinski definition) is 0. The van der Waals surface area contributed by atoms with Crippen molar-refractivity contribution in [1.29, 1.82) is 0 Å². The van der Waals surface area contributed by atoms with Crippen molar-refractivity contribution in [1.82, 2.24) is 14.7 Å². The fourth-order valence-corrected chi connectivity index (χ4v) is 3.42. The Morgan fingerprint density at radius 1 is 1.25 bits per heavy atom. The molecule has 2 saturated heterocycles. The minimum Gasteiger partial charge on any atom is -0.448 e. The average molecular weight is 337 g/mol. The van der Waals surface area contributed by atoms with Crippen LogP contribution >= 0.6 is 0 Å². The van der Waals surface area contributed by atoms with Crippen molar-refractivity contribution in [3.05, 3.63) is 0 Å². The highest BCUT2D eigenvalue weighted by Gasteiger charge is 2.37. The number of carbonyl (C=O) groups excluding carboxylic acids is 3. The van der Waals surface area contributed by atoms with E-state index < -0.39 is 6.09 Å². The Bertz CT molecular complexity index is 518. The van der Waals surface area contributed by atoms with E-state index >= 15 is 0 Å². The molecule has 3 aliphatic rings. The van der Waals surface area contributed by atoms with E-state index in [2.05, 4.69) is 13.8 Å². The van der Waals surface area contributed by atoms with Gasteiger partial charge >= 0.3 is 6.09 Å². The summed E-state index contributed by atoms with van der Waals surface area (Å²) in [5, 5.41) is 0. The van der Waals surface area contributed by atoms with Crippen LogP contribution in [0.3, 0.4) is 0 Å². The van der Waals surface area contributed by atoms with Gasteiger partial charge in [0, 0.05) is 26.1 Å². The van der Waals surface area contributed by atoms with Gasteiger partial charge in [-0.25, -0.2) is 4.79 Å². The maximum atomic E-state index is 12.6. The molecule has 7 heteroatoms. The first kappa shape index (κ1) is 17.0. The molecule has 0 N–H and O–H groups in total. The lowest BCUT2D eigenvalue weighted by atomic mass is 10.0. The zero-order valence-corrected chi connectivity index (χ0v) is 14.6. The topological polar surface area (TPSA) is 70.2 Å². The fraction of sp³-hybridized carbons (Fsp3) is 0.824. The summed E-state index contributed by atoms with van der Waals surface area (Å²) in [6, 6.07) is 0.0510. The maximum absolute atomic E-state index is 12.6. The monoisotopic (exact) mass is 337 g/mol. The molecule has 0 aromatic heterocycles. The Hall–Kier alpha value is -1.79. The van der Waals surface area contributed by atoms with Gasteiger partial charge in [-0.3, -0.25) is 14.5 Å². The average Bonchev–Trinajstić information content (AvgIpc) is 3.29. The molecule has 2 heterocycles. The second-order valence-corrected chi connectivity index (χ2v) is 7.43. The molecule has 0 aromatic carbocycles. The minimum atomic E-state index is -0.426. The van der Waals surface area contributed by atoms with Crippen LogP contribution in [-0.2, 0) is 14.3 Å². The predicted octanol–water partition coefficient (Wildman–Crippen LogP) is 0.934. The van der Waals surface area contributed by atoms with Gasteiger partial charge in [-0.2, -0.15) is 0 Å². The lowest BCUT2D eigenvalue weighted by Gasteiger charge is -2.35. The van der Waals surface area contributed by atoms with Crippen LogP contribution in [0.25, 0.3) is 0 Å². The van der Waals surface area contributed by atoms with Crippen molar-refractivity contribution < 1.29 is 19.1 Å². The van der Waals surface area contributed by atoms with E-state index in [0.717, 1.165) is 6.54 Å². The molecule has 1 atom stereocenters. The molecule has 0 aromatic rings. The molecule has 1 unspecified atom stereocenters. The Morgan fingerprint density at radius 3 is 2.58 bits per heavy atom. The second kappa shape index (κ2) is 6.99. The van der Waals surface area contributed by atoms with Crippen LogP contribution in [0.15, 0.2) is 0 Å². The summed E-state index contributed by atoms with van der Waals surface area (Å²) in [5.41, 5.74) is 0. The molecule has 2 aliphatic heterocycles. The van der Waals surface area contributed by atoms with Gasteiger partial charge in [-0.1, -0.05) is 13.8 Å². The quantitative estimate of drug-likeness (QED) is 0.748. The molecule has 0 spiro atoms. The Morgan fingerprint density at radius 2 is 2.00 bits per heavy atom. The summed E-state index contributed by atoms with van der Waals surface area (Å²) in [4.78, 5) is 41.9. The molecule has 3 fully saturated rings. The summed E-state index contributed by atoms with van der Waals surface area (Å²) in [6.45, 7) is 6.85. The fourth-order valence-electron chi connectivity index (χ4n) is 3.42. The number of nitrogens with zero attached hydrogens (tertiary/aromatic N) is 3. The van der Waals surface area contributed by atoms with Crippen LogP contribution in [0.2, 0.25) is 0 Å². The highest BCUT2D eigenvalue weighted by Crippen LogP contribution is 2.32. The standard InChI is InChI=1S/C17H27N3O4/c1-12(2)14-10-18(16(22)11-19-7-8-24-17(19)23)6-5-15(21)20(14)9-13-3-4-13/h12-14H,3-11H2,1-2H3. The predicted molar refractivity (Wildman–Crippen MR) is 87.2 cm³/mol. The number of carbonyl (C=O) groups is 3. The van der Waals surface area contributed by atoms with Gasteiger partial charge in [0.05, 0.1) is 12.6 Å². The number of cyclic esters (lactones) is 1. The molecular weight excluding hydrogens is 310 g/mol. The van der Waals surface area contributed by atoms with Gasteiger partial charge in [0.25, 0.3) is 0 Å². The van der Waals surface area contributed by atoms with Crippen molar-refractivity contribution in [3.8, 4) is 0 Å². The van der Waals surface area contributed by atoms with Crippen molar-refractivity contribution in [2.45, 2.75) is 39.2 Å². The van der Waals surface area contributed by atoms with E-state index in [9.17, 15) is 14.4 Å². The van der Waals surface area contributed by atoms with E-state index in [-0.39, 0.29) is 30.3 Å². The van der Waals surface area contributed by atoms with Gasteiger partial charge in [-0.05, 0) is 24.7 Å².